The van der Waals surface area contributed by atoms with Crippen LogP contribution in [-0.4, -0.2) is 34.7 Å². The lowest BCUT2D eigenvalue weighted by Crippen LogP contribution is -2.37. The van der Waals surface area contributed by atoms with Crippen LogP contribution in [0.25, 0.3) is 0 Å². The van der Waals surface area contributed by atoms with Gasteiger partial charge in [-0.05, 0) is 24.1 Å². The highest BCUT2D eigenvalue weighted by Gasteiger charge is 2.23. The van der Waals surface area contributed by atoms with Gasteiger partial charge in [-0.2, -0.15) is 4.98 Å². The van der Waals surface area contributed by atoms with E-state index in [0.29, 0.717) is 19.0 Å². The first kappa shape index (κ1) is 16.1. The summed E-state index contributed by atoms with van der Waals surface area (Å²) in [5.41, 5.74) is 0.991. The molecular formula is C17H22FN3O2. The third-order valence-corrected chi connectivity index (χ3v) is 4.02. The fourth-order valence-corrected chi connectivity index (χ4v) is 2.71. The molecule has 124 valence electrons. The Morgan fingerprint density at radius 1 is 1.30 bits per heavy atom. The molecule has 0 spiro atoms. The lowest BCUT2D eigenvalue weighted by atomic mass is 10.1. The maximum Gasteiger partial charge on any atom is 0.240 e. The van der Waals surface area contributed by atoms with Crippen LogP contribution in [0.4, 0.5) is 4.39 Å². The van der Waals surface area contributed by atoms with E-state index in [0.717, 1.165) is 43.7 Å². The Morgan fingerprint density at radius 2 is 2.13 bits per heavy atom. The molecule has 1 aliphatic heterocycles. The van der Waals surface area contributed by atoms with E-state index in [2.05, 4.69) is 22.0 Å². The average molecular weight is 319 g/mol. The van der Waals surface area contributed by atoms with Gasteiger partial charge >= 0.3 is 0 Å². The smallest absolute Gasteiger partial charge is 0.240 e. The zero-order valence-electron chi connectivity index (χ0n) is 13.4. The molecule has 6 heteroatoms. The van der Waals surface area contributed by atoms with E-state index < -0.39 is 0 Å². The van der Waals surface area contributed by atoms with Crippen molar-refractivity contribution in [2.24, 2.45) is 0 Å². The highest BCUT2D eigenvalue weighted by Crippen LogP contribution is 2.23. The Kier molecular flexibility index (Phi) is 5.35. The minimum Gasteiger partial charge on any atom is -0.371 e. The number of aryl methyl sites for hydroxylation is 1. The zero-order valence-corrected chi connectivity index (χ0v) is 13.4. The molecular weight excluding hydrogens is 297 g/mol. The topological polar surface area (TPSA) is 51.4 Å². The van der Waals surface area contributed by atoms with Crippen molar-refractivity contribution in [3.8, 4) is 0 Å². The molecule has 0 radical (unpaired) electrons. The maximum absolute atomic E-state index is 13.0. The van der Waals surface area contributed by atoms with E-state index >= 15 is 0 Å². The number of halogens is 1. The Balaban J connectivity index is 1.58. The van der Waals surface area contributed by atoms with Crippen LogP contribution < -0.4 is 0 Å². The van der Waals surface area contributed by atoms with Gasteiger partial charge in [0.1, 0.15) is 5.82 Å². The SMILES string of the molecule is CCCCc1noc(CN2CCOC(c3ccc(F)cc3)C2)n1. The molecule has 1 unspecified atom stereocenters. The van der Waals surface area contributed by atoms with E-state index in [1.807, 2.05) is 0 Å². The Labute approximate surface area is 135 Å². The first-order valence-corrected chi connectivity index (χ1v) is 8.15. The number of benzene rings is 1. The monoisotopic (exact) mass is 319 g/mol. The summed E-state index contributed by atoms with van der Waals surface area (Å²) < 4.78 is 24.2. The first-order chi connectivity index (χ1) is 11.2. The van der Waals surface area contributed by atoms with Gasteiger partial charge in [-0.1, -0.05) is 30.6 Å². The second-order valence-corrected chi connectivity index (χ2v) is 5.85. The largest absolute Gasteiger partial charge is 0.371 e. The minimum atomic E-state index is -0.230. The number of ether oxygens (including phenoxy) is 1. The molecule has 0 amide bonds. The van der Waals surface area contributed by atoms with Crippen LogP contribution in [0.5, 0.6) is 0 Å². The normalized spacial score (nSPS) is 19.1. The Hall–Kier alpha value is -1.79. The van der Waals surface area contributed by atoms with Crippen molar-refractivity contribution in [3.05, 3.63) is 47.4 Å². The average Bonchev–Trinajstić information content (AvgIpc) is 3.01. The zero-order chi connectivity index (χ0) is 16.1. The third kappa shape index (κ3) is 4.36. The summed E-state index contributed by atoms with van der Waals surface area (Å²) in [5.74, 6) is 1.20. The van der Waals surface area contributed by atoms with E-state index in [1.165, 1.54) is 12.1 Å². The van der Waals surface area contributed by atoms with Crippen molar-refractivity contribution >= 4 is 0 Å². The molecule has 2 heterocycles. The van der Waals surface area contributed by atoms with Gasteiger partial charge in [0.25, 0.3) is 0 Å². The van der Waals surface area contributed by atoms with Gasteiger partial charge < -0.3 is 9.26 Å². The summed E-state index contributed by atoms with van der Waals surface area (Å²) >= 11 is 0. The van der Waals surface area contributed by atoms with Crippen LogP contribution in [0.2, 0.25) is 0 Å². The fraction of sp³-hybridized carbons (Fsp3) is 0.529. The highest BCUT2D eigenvalue weighted by atomic mass is 19.1. The number of nitrogens with zero attached hydrogens (tertiary/aromatic N) is 3. The minimum absolute atomic E-state index is 0.0492. The van der Waals surface area contributed by atoms with Gasteiger partial charge in [-0.25, -0.2) is 4.39 Å². The van der Waals surface area contributed by atoms with Crippen molar-refractivity contribution in [2.75, 3.05) is 19.7 Å². The maximum atomic E-state index is 13.0. The van der Waals surface area contributed by atoms with Gasteiger partial charge in [-0.15, -0.1) is 0 Å². The third-order valence-electron chi connectivity index (χ3n) is 4.02. The van der Waals surface area contributed by atoms with Gasteiger partial charge in [0.2, 0.25) is 5.89 Å². The van der Waals surface area contributed by atoms with E-state index in [-0.39, 0.29) is 11.9 Å². The molecule has 23 heavy (non-hydrogen) atoms. The standard InChI is InChI=1S/C17H22FN3O2/c1-2-3-4-16-19-17(23-20-16)12-21-9-10-22-15(11-21)13-5-7-14(18)8-6-13/h5-8,15H,2-4,9-12H2,1H3. The number of morpholine rings is 1. The fourth-order valence-electron chi connectivity index (χ4n) is 2.71. The van der Waals surface area contributed by atoms with E-state index in [1.54, 1.807) is 12.1 Å². The van der Waals surface area contributed by atoms with Crippen molar-refractivity contribution in [1.29, 1.82) is 0 Å². The number of rotatable bonds is 6. The second-order valence-electron chi connectivity index (χ2n) is 5.85. The van der Waals surface area contributed by atoms with Gasteiger partial charge in [0, 0.05) is 19.5 Å². The summed E-state index contributed by atoms with van der Waals surface area (Å²) in [6.45, 7) is 4.96. The summed E-state index contributed by atoms with van der Waals surface area (Å²) in [6, 6.07) is 6.49. The van der Waals surface area contributed by atoms with Gasteiger partial charge in [0.15, 0.2) is 5.82 Å². The van der Waals surface area contributed by atoms with Crippen LogP contribution in [-0.2, 0) is 17.7 Å². The van der Waals surface area contributed by atoms with Crippen LogP contribution in [0, 0.1) is 5.82 Å². The lowest BCUT2D eigenvalue weighted by molar-refractivity contribution is -0.0356. The quantitative estimate of drug-likeness (QED) is 0.819. The van der Waals surface area contributed by atoms with Crippen LogP contribution in [0.3, 0.4) is 0 Å². The summed E-state index contributed by atoms with van der Waals surface area (Å²) in [7, 11) is 0. The van der Waals surface area contributed by atoms with E-state index in [4.69, 9.17) is 9.26 Å². The number of aromatic nitrogens is 2. The molecule has 1 saturated heterocycles. The highest BCUT2D eigenvalue weighted by molar-refractivity contribution is 5.19. The molecule has 1 fully saturated rings. The van der Waals surface area contributed by atoms with Crippen molar-refractivity contribution < 1.29 is 13.7 Å². The molecule has 0 N–H and O–H groups in total. The number of hydrogen-bond acceptors (Lipinski definition) is 5. The lowest BCUT2D eigenvalue weighted by Gasteiger charge is -2.32. The van der Waals surface area contributed by atoms with Crippen molar-refractivity contribution in [3.63, 3.8) is 0 Å². The summed E-state index contributed by atoms with van der Waals surface area (Å²) in [6.07, 6.45) is 3.00. The van der Waals surface area contributed by atoms with Crippen molar-refractivity contribution in [1.82, 2.24) is 15.0 Å². The molecule has 3 rings (SSSR count). The van der Waals surface area contributed by atoms with Crippen molar-refractivity contribution in [2.45, 2.75) is 38.8 Å². The number of hydrogen-bond donors (Lipinski definition) is 0. The predicted molar refractivity (Wildman–Crippen MR) is 83.3 cm³/mol. The molecule has 1 aliphatic rings. The molecule has 1 aromatic heterocycles. The first-order valence-electron chi connectivity index (χ1n) is 8.15. The molecule has 1 atom stereocenters. The second kappa shape index (κ2) is 7.66. The summed E-state index contributed by atoms with van der Waals surface area (Å²) in [5, 5.41) is 4.02. The van der Waals surface area contributed by atoms with Crippen LogP contribution in [0.15, 0.2) is 28.8 Å². The molecule has 0 bridgehead atoms. The Morgan fingerprint density at radius 3 is 2.91 bits per heavy atom. The van der Waals surface area contributed by atoms with Gasteiger partial charge in [0.05, 0.1) is 19.3 Å². The Bertz CT molecular complexity index is 615. The van der Waals surface area contributed by atoms with Crippen LogP contribution in [0.1, 0.15) is 43.1 Å². The molecule has 0 saturated carbocycles. The van der Waals surface area contributed by atoms with E-state index in [9.17, 15) is 4.39 Å². The molecule has 1 aromatic carbocycles. The molecule has 5 nitrogen and oxygen atoms in total. The van der Waals surface area contributed by atoms with Crippen LogP contribution >= 0.6 is 0 Å². The van der Waals surface area contributed by atoms with Gasteiger partial charge in [-0.3, -0.25) is 4.90 Å². The number of unbranched alkanes of at least 4 members (excludes halogenated alkanes) is 1. The molecule has 0 aliphatic carbocycles. The predicted octanol–water partition coefficient (Wildman–Crippen LogP) is 3.12. The molecule has 2 aromatic rings. The summed E-state index contributed by atoms with van der Waals surface area (Å²) in [4.78, 5) is 6.67.